The molecule has 0 aliphatic carbocycles. The van der Waals surface area contributed by atoms with Crippen LogP contribution in [0.25, 0.3) is 0 Å². The third-order valence-corrected chi connectivity index (χ3v) is 1.72. The Kier molecular flexibility index (Phi) is 1.36. The highest BCUT2D eigenvalue weighted by Crippen LogP contribution is 2.20. The molecule has 2 nitrogen and oxygen atoms in total. The van der Waals surface area contributed by atoms with Gasteiger partial charge in [-0.1, -0.05) is 0 Å². The molecule has 3 heteroatoms. The smallest absolute Gasteiger partial charge is 0.167 e. The molecule has 1 rings (SSSR count). The third-order valence-electron chi connectivity index (χ3n) is 0.772. The van der Waals surface area contributed by atoms with Gasteiger partial charge >= 0.3 is 0 Å². The van der Waals surface area contributed by atoms with Crippen LogP contribution in [-0.2, 0) is 4.79 Å². The molecule has 0 saturated carbocycles. The maximum absolute atomic E-state index is 10.4. The topological polar surface area (TPSA) is 40.9 Å². The normalized spacial score (nSPS) is 17.9. The van der Waals surface area contributed by atoms with E-state index in [1.54, 1.807) is 0 Å². The molecule has 0 aromatic heterocycles. The first-order chi connectivity index (χ1) is 3.83. The van der Waals surface area contributed by atoms with E-state index < -0.39 is 0 Å². The third kappa shape index (κ3) is 0.903. The highest BCUT2D eigenvalue weighted by Gasteiger charge is 2.10. The second kappa shape index (κ2) is 2.01. The first kappa shape index (κ1) is 5.39. The van der Waals surface area contributed by atoms with E-state index in [0.29, 0.717) is 10.7 Å². The molecule has 0 fully saturated rings. The quantitative estimate of drug-likeness (QED) is 0.478. The number of carbonyl (C=O) groups excluding carboxylic acids is 1. The van der Waals surface area contributed by atoms with Gasteiger partial charge in [0.05, 0.1) is 10.7 Å². The number of carbonyl (C=O) groups is 1. The SMILES string of the molecule is N#CC1=CC(=O)CS1. The van der Waals surface area contributed by atoms with Crippen LogP contribution in [0, 0.1) is 11.3 Å². The summed E-state index contributed by atoms with van der Waals surface area (Å²) in [5.41, 5.74) is 0. The molecule has 0 bridgehead atoms. The fraction of sp³-hybridized carbons (Fsp3) is 0.200. The van der Waals surface area contributed by atoms with Crippen LogP contribution in [-0.4, -0.2) is 11.5 Å². The fourth-order valence-corrected chi connectivity index (χ4v) is 1.10. The summed E-state index contributed by atoms with van der Waals surface area (Å²) in [6.07, 6.45) is 1.38. The van der Waals surface area contributed by atoms with E-state index in [4.69, 9.17) is 5.26 Å². The summed E-state index contributed by atoms with van der Waals surface area (Å²) in [7, 11) is 0. The largest absolute Gasteiger partial charge is 0.294 e. The molecule has 0 unspecified atom stereocenters. The Bertz CT molecular complexity index is 189. The van der Waals surface area contributed by atoms with Gasteiger partial charge in [-0.15, -0.1) is 11.8 Å². The summed E-state index contributed by atoms with van der Waals surface area (Å²) in [5, 5.41) is 8.19. The Morgan fingerprint density at radius 2 is 2.62 bits per heavy atom. The standard InChI is InChI=1S/C5H3NOS/c6-2-5-1-4(7)3-8-5/h1H,3H2. The maximum atomic E-state index is 10.4. The Morgan fingerprint density at radius 1 is 1.88 bits per heavy atom. The van der Waals surface area contributed by atoms with E-state index in [1.165, 1.54) is 17.8 Å². The molecule has 0 amide bonds. The lowest BCUT2D eigenvalue weighted by atomic mass is 10.4. The van der Waals surface area contributed by atoms with Crippen LogP contribution in [0.15, 0.2) is 11.0 Å². The van der Waals surface area contributed by atoms with Crippen molar-refractivity contribution < 1.29 is 4.79 Å². The molecular weight excluding hydrogens is 122 g/mol. The Balaban J connectivity index is 2.75. The van der Waals surface area contributed by atoms with Crippen LogP contribution in [0.4, 0.5) is 0 Å². The predicted molar refractivity (Wildman–Crippen MR) is 31.2 cm³/mol. The van der Waals surface area contributed by atoms with E-state index in [2.05, 4.69) is 0 Å². The molecule has 0 aromatic carbocycles. The van der Waals surface area contributed by atoms with Crippen molar-refractivity contribution in [3.8, 4) is 6.07 Å². The number of rotatable bonds is 0. The van der Waals surface area contributed by atoms with Gasteiger partial charge < -0.3 is 0 Å². The van der Waals surface area contributed by atoms with E-state index in [9.17, 15) is 4.79 Å². The van der Waals surface area contributed by atoms with Crippen molar-refractivity contribution in [3.63, 3.8) is 0 Å². The van der Waals surface area contributed by atoms with Crippen LogP contribution < -0.4 is 0 Å². The predicted octanol–water partition coefficient (Wildman–Crippen LogP) is 0.710. The monoisotopic (exact) mass is 125 g/mol. The van der Waals surface area contributed by atoms with Crippen LogP contribution in [0.5, 0.6) is 0 Å². The molecule has 0 atom stereocenters. The Morgan fingerprint density at radius 3 is 2.88 bits per heavy atom. The minimum Gasteiger partial charge on any atom is -0.294 e. The number of nitrogens with zero attached hydrogens (tertiary/aromatic N) is 1. The van der Waals surface area contributed by atoms with Gasteiger partial charge in [-0.25, -0.2) is 0 Å². The number of hydrogen-bond donors (Lipinski definition) is 0. The van der Waals surface area contributed by atoms with Gasteiger partial charge in [0.1, 0.15) is 6.07 Å². The second-order valence-corrected chi connectivity index (χ2v) is 2.39. The zero-order valence-electron chi connectivity index (χ0n) is 4.05. The molecule has 40 valence electrons. The summed E-state index contributed by atoms with van der Waals surface area (Å²) in [5.74, 6) is 0.495. The number of thioether (sulfide) groups is 1. The zero-order chi connectivity index (χ0) is 5.98. The fourth-order valence-electron chi connectivity index (χ4n) is 0.443. The Hall–Kier alpha value is -0.750. The number of allylic oxidation sites excluding steroid dienone is 2. The van der Waals surface area contributed by atoms with Crippen LogP contribution in [0.3, 0.4) is 0 Å². The van der Waals surface area contributed by atoms with Gasteiger partial charge in [-0.2, -0.15) is 5.26 Å². The van der Waals surface area contributed by atoms with Crippen LogP contribution in [0.2, 0.25) is 0 Å². The molecule has 0 saturated heterocycles. The van der Waals surface area contributed by atoms with Crippen molar-refractivity contribution in [1.29, 1.82) is 5.26 Å². The van der Waals surface area contributed by atoms with Gasteiger partial charge in [-0.3, -0.25) is 4.79 Å². The van der Waals surface area contributed by atoms with E-state index in [1.807, 2.05) is 6.07 Å². The lowest BCUT2D eigenvalue weighted by Gasteiger charge is -1.76. The molecule has 0 N–H and O–H groups in total. The average molecular weight is 125 g/mol. The van der Waals surface area contributed by atoms with Crippen molar-refractivity contribution >= 4 is 17.5 Å². The highest BCUT2D eigenvalue weighted by molar-refractivity contribution is 8.04. The highest BCUT2D eigenvalue weighted by atomic mass is 32.2. The van der Waals surface area contributed by atoms with Crippen molar-refractivity contribution in [2.75, 3.05) is 5.75 Å². The first-order valence-electron chi connectivity index (χ1n) is 2.10. The summed E-state index contributed by atoms with van der Waals surface area (Å²) in [6, 6.07) is 1.90. The molecule has 8 heavy (non-hydrogen) atoms. The number of hydrogen-bond acceptors (Lipinski definition) is 3. The van der Waals surface area contributed by atoms with E-state index in [-0.39, 0.29) is 5.78 Å². The molecule has 0 aromatic rings. The van der Waals surface area contributed by atoms with Gasteiger partial charge in [0.2, 0.25) is 0 Å². The molecule has 0 spiro atoms. The van der Waals surface area contributed by atoms with Gasteiger partial charge in [0.25, 0.3) is 0 Å². The molecular formula is C5H3NOS. The van der Waals surface area contributed by atoms with Crippen molar-refractivity contribution in [2.45, 2.75) is 0 Å². The summed E-state index contributed by atoms with van der Waals surface area (Å²) in [6.45, 7) is 0. The Labute approximate surface area is 51.2 Å². The summed E-state index contributed by atoms with van der Waals surface area (Å²) in [4.78, 5) is 10.9. The second-order valence-electron chi connectivity index (χ2n) is 1.38. The van der Waals surface area contributed by atoms with Gasteiger partial charge in [0.15, 0.2) is 5.78 Å². The summed E-state index contributed by atoms with van der Waals surface area (Å²) >= 11 is 1.30. The lowest BCUT2D eigenvalue weighted by molar-refractivity contribution is -0.112. The van der Waals surface area contributed by atoms with E-state index >= 15 is 0 Å². The zero-order valence-corrected chi connectivity index (χ0v) is 4.86. The van der Waals surface area contributed by atoms with Crippen LogP contribution >= 0.6 is 11.8 Å². The average Bonchev–Trinajstić information content (AvgIpc) is 2.14. The first-order valence-corrected chi connectivity index (χ1v) is 3.09. The van der Waals surface area contributed by atoms with Gasteiger partial charge in [-0.05, 0) is 0 Å². The summed E-state index contributed by atoms with van der Waals surface area (Å²) < 4.78 is 0. The van der Waals surface area contributed by atoms with Gasteiger partial charge in [0, 0.05) is 6.08 Å². The van der Waals surface area contributed by atoms with E-state index in [0.717, 1.165) is 0 Å². The lowest BCUT2D eigenvalue weighted by Crippen LogP contribution is -1.86. The number of nitriles is 1. The minimum absolute atomic E-state index is 0.0477. The molecule has 1 heterocycles. The van der Waals surface area contributed by atoms with Crippen LogP contribution in [0.1, 0.15) is 0 Å². The van der Waals surface area contributed by atoms with Crippen molar-refractivity contribution in [3.05, 3.63) is 11.0 Å². The number of ketones is 1. The minimum atomic E-state index is 0.0477. The molecule has 0 radical (unpaired) electrons. The molecule has 1 aliphatic rings. The molecule has 1 aliphatic heterocycles. The van der Waals surface area contributed by atoms with Crippen molar-refractivity contribution in [1.82, 2.24) is 0 Å². The maximum Gasteiger partial charge on any atom is 0.167 e. The van der Waals surface area contributed by atoms with Crippen molar-refractivity contribution in [2.24, 2.45) is 0 Å².